The molecule has 3 heterocycles. The van der Waals surface area contributed by atoms with Crippen molar-refractivity contribution in [2.75, 3.05) is 5.32 Å². The van der Waals surface area contributed by atoms with E-state index in [1.54, 1.807) is 24.7 Å². The van der Waals surface area contributed by atoms with E-state index in [2.05, 4.69) is 20.4 Å². The van der Waals surface area contributed by atoms with Crippen molar-refractivity contribution in [2.24, 2.45) is 7.05 Å². The average molecular weight is 272 g/mol. The van der Waals surface area contributed by atoms with Crippen molar-refractivity contribution in [2.45, 2.75) is 6.54 Å². The van der Waals surface area contributed by atoms with Gasteiger partial charge in [-0.1, -0.05) is 0 Å². The van der Waals surface area contributed by atoms with Crippen molar-refractivity contribution in [3.05, 3.63) is 54.6 Å². The van der Waals surface area contributed by atoms with Gasteiger partial charge in [-0.3, -0.25) is 0 Å². The zero-order chi connectivity index (χ0) is 13.9. The smallest absolute Gasteiger partial charge is 0.189 e. The van der Waals surface area contributed by atoms with Gasteiger partial charge in [0.1, 0.15) is 5.82 Å². The third-order valence-corrected chi connectivity index (χ3v) is 2.75. The van der Waals surface area contributed by atoms with Crippen LogP contribution in [0, 0.1) is 5.82 Å². The summed E-state index contributed by atoms with van der Waals surface area (Å²) in [6.45, 7) is 0.558. The van der Waals surface area contributed by atoms with E-state index in [0.717, 1.165) is 5.69 Å². The standard InChI is InChI=1S/C13H13FN6/c1-19-8-10(17-9-19)7-16-12-4-6-20(18-12)13-11(14)3-2-5-15-13/h2-6,8-9H,7H2,1H3,(H,16,18). The number of aromatic nitrogens is 5. The minimum atomic E-state index is -0.410. The monoisotopic (exact) mass is 272 g/mol. The first kappa shape index (κ1) is 12.3. The van der Waals surface area contributed by atoms with Gasteiger partial charge in [0.15, 0.2) is 11.6 Å². The Bertz CT molecular complexity index is 717. The van der Waals surface area contributed by atoms with E-state index in [1.165, 1.54) is 16.9 Å². The summed E-state index contributed by atoms with van der Waals surface area (Å²) in [5.74, 6) is 0.408. The highest BCUT2D eigenvalue weighted by molar-refractivity contribution is 5.36. The lowest BCUT2D eigenvalue weighted by molar-refractivity contribution is 0.601. The van der Waals surface area contributed by atoms with Crippen molar-refractivity contribution in [3.63, 3.8) is 0 Å². The fraction of sp³-hybridized carbons (Fsp3) is 0.154. The molecule has 0 spiro atoms. The molecule has 0 radical (unpaired) electrons. The lowest BCUT2D eigenvalue weighted by Gasteiger charge is -2.02. The third-order valence-electron chi connectivity index (χ3n) is 2.75. The van der Waals surface area contributed by atoms with E-state index in [0.29, 0.717) is 12.4 Å². The predicted molar refractivity (Wildman–Crippen MR) is 71.9 cm³/mol. The Morgan fingerprint density at radius 3 is 2.95 bits per heavy atom. The second-order valence-corrected chi connectivity index (χ2v) is 4.34. The number of pyridine rings is 1. The topological polar surface area (TPSA) is 60.6 Å². The number of aryl methyl sites for hydroxylation is 1. The van der Waals surface area contributed by atoms with Gasteiger partial charge >= 0.3 is 0 Å². The van der Waals surface area contributed by atoms with Gasteiger partial charge in [-0.2, -0.15) is 0 Å². The maximum atomic E-state index is 13.6. The van der Waals surface area contributed by atoms with Gasteiger partial charge in [-0.25, -0.2) is 19.0 Å². The van der Waals surface area contributed by atoms with Crippen LogP contribution in [0.25, 0.3) is 5.82 Å². The molecule has 20 heavy (non-hydrogen) atoms. The maximum Gasteiger partial charge on any atom is 0.189 e. The van der Waals surface area contributed by atoms with E-state index in [1.807, 2.05) is 17.8 Å². The van der Waals surface area contributed by atoms with Crippen molar-refractivity contribution in [1.82, 2.24) is 24.3 Å². The van der Waals surface area contributed by atoms with Crippen molar-refractivity contribution >= 4 is 5.82 Å². The van der Waals surface area contributed by atoms with Gasteiger partial charge < -0.3 is 9.88 Å². The van der Waals surface area contributed by atoms with E-state index >= 15 is 0 Å². The number of nitrogens with one attached hydrogen (secondary N) is 1. The lowest BCUT2D eigenvalue weighted by Crippen LogP contribution is -2.04. The SMILES string of the molecule is Cn1cnc(CNc2ccn(-c3ncccc3F)n2)c1. The molecule has 7 heteroatoms. The number of halogens is 1. The van der Waals surface area contributed by atoms with Gasteiger partial charge in [-0.05, 0) is 12.1 Å². The molecule has 3 aromatic rings. The number of nitrogens with zero attached hydrogens (tertiary/aromatic N) is 5. The van der Waals surface area contributed by atoms with Gasteiger partial charge in [0.2, 0.25) is 0 Å². The Kier molecular flexibility index (Phi) is 3.16. The first-order valence-electron chi connectivity index (χ1n) is 6.09. The molecule has 3 aromatic heterocycles. The number of anilines is 1. The Balaban J connectivity index is 1.72. The Morgan fingerprint density at radius 1 is 1.30 bits per heavy atom. The summed E-state index contributed by atoms with van der Waals surface area (Å²) in [5, 5.41) is 7.36. The van der Waals surface area contributed by atoms with Crippen LogP contribution in [-0.4, -0.2) is 24.3 Å². The van der Waals surface area contributed by atoms with Gasteiger partial charge in [-0.15, -0.1) is 5.10 Å². The highest BCUT2D eigenvalue weighted by Gasteiger charge is 2.07. The van der Waals surface area contributed by atoms with Crippen LogP contribution >= 0.6 is 0 Å². The molecule has 0 aliphatic heterocycles. The summed E-state index contributed by atoms with van der Waals surface area (Å²) in [5.41, 5.74) is 0.908. The fourth-order valence-electron chi connectivity index (χ4n) is 1.82. The molecule has 0 atom stereocenters. The summed E-state index contributed by atoms with van der Waals surface area (Å²) in [6.07, 6.45) is 6.84. The number of hydrogen-bond acceptors (Lipinski definition) is 4. The van der Waals surface area contributed by atoms with Crippen molar-refractivity contribution < 1.29 is 4.39 Å². The lowest BCUT2D eigenvalue weighted by atomic mass is 10.4. The molecule has 0 saturated heterocycles. The summed E-state index contributed by atoms with van der Waals surface area (Å²) in [6, 6.07) is 4.66. The maximum absolute atomic E-state index is 13.6. The van der Waals surface area contributed by atoms with Crippen LogP contribution in [0.1, 0.15) is 5.69 Å². The second kappa shape index (κ2) is 5.12. The molecular formula is C13H13FN6. The summed E-state index contributed by atoms with van der Waals surface area (Å²) in [7, 11) is 1.91. The number of hydrogen-bond donors (Lipinski definition) is 1. The molecule has 0 unspecified atom stereocenters. The zero-order valence-electron chi connectivity index (χ0n) is 10.9. The quantitative estimate of drug-likeness (QED) is 0.786. The van der Waals surface area contributed by atoms with Crippen LogP contribution in [0.2, 0.25) is 0 Å². The highest BCUT2D eigenvalue weighted by atomic mass is 19.1. The Morgan fingerprint density at radius 2 is 2.20 bits per heavy atom. The van der Waals surface area contributed by atoms with E-state index in [-0.39, 0.29) is 5.82 Å². The fourth-order valence-corrected chi connectivity index (χ4v) is 1.82. The molecule has 0 amide bonds. The van der Waals surface area contributed by atoms with Gasteiger partial charge in [0.05, 0.1) is 18.6 Å². The van der Waals surface area contributed by atoms with Crippen LogP contribution in [0.4, 0.5) is 10.2 Å². The minimum Gasteiger partial charge on any atom is -0.363 e. The summed E-state index contributed by atoms with van der Waals surface area (Å²) >= 11 is 0. The summed E-state index contributed by atoms with van der Waals surface area (Å²) in [4.78, 5) is 8.17. The molecule has 0 aromatic carbocycles. The first-order chi connectivity index (χ1) is 9.72. The van der Waals surface area contributed by atoms with Crippen LogP contribution in [0.3, 0.4) is 0 Å². The largest absolute Gasteiger partial charge is 0.363 e. The second-order valence-electron chi connectivity index (χ2n) is 4.34. The third kappa shape index (κ3) is 2.51. The van der Waals surface area contributed by atoms with E-state index < -0.39 is 5.82 Å². The van der Waals surface area contributed by atoms with Crippen LogP contribution in [0.15, 0.2) is 43.1 Å². The van der Waals surface area contributed by atoms with Crippen LogP contribution in [-0.2, 0) is 13.6 Å². The van der Waals surface area contributed by atoms with Crippen molar-refractivity contribution in [3.8, 4) is 5.82 Å². The molecule has 0 bridgehead atoms. The molecule has 3 rings (SSSR count). The Labute approximate surface area is 114 Å². The molecule has 1 N–H and O–H groups in total. The van der Waals surface area contributed by atoms with Crippen LogP contribution in [0.5, 0.6) is 0 Å². The molecule has 0 saturated carbocycles. The molecule has 102 valence electrons. The normalized spacial score (nSPS) is 10.7. The minimum absolute atomic E-state index is 0.179. The number of rotatable bonds is 4. The molecule has 0 aliphatic carbocycles. The highest BCUT2D eigenvalue weighted by Crippen LogP contribution is 2.11. The predicted octanol–water partition coefficient (Wildman–Crippen LogP) is 1.75. The zero-order valence-corrected chi connectivity index (χ0v) is 10.9. The van der Waals surface area contributed by atoms with E-state index in [9.17, 15) is 4.39 Å². The molecule has 0 aliphatic rings. The summed E-state index contributed by atoms with van der Waals surface area (Å²) < 4.78 is 16.9. The Hall–Kier alpha value is -2.70. The van der Waals surface area contributed by atoms with Crippen molar-refractivity contribution in [1.29, 1.82) is 0 Å². The molecule has 0 fully saturated rings. The molecule has 6 nitrogen and oxygen atoms in total. The van der Waals surface area contributed by atoms with Gasteiger partial charge in [0.25, 0.3) is 0 Å². The number of imidazole rings is 1. The first-order valence-corrected chi connectivity index (χ1v) is 6.09. The van der Waals surface area contributed by atoms with E-state index in [4.69, 9.17) is 0 Å². The molecular weight excluding hydrogens is 259 g/mol. The van der Waals surface area contributed by atoms with Crippen LogP contribution < -0.4 is 5.32 Å². The average Bonchev–Trinajstić information content (AvgIpc) is 3.06. The van der Waals surface area contributed by atoms with Gasteiger partial charge in [0, 0.05) is 31.7 Å².